The maximum Gasteiger partial charge on any atom is 0.252 e. The Morgan fingerprint density at radius 3 is 2.74 bits per heavy atom. The van der Waals surface area contributed by atoms with E-state index < -0.39 is 10.0 Å². The normalized spacial score (nSPS) is 15.6. The lowest BCUT2D eigenvalue weighted by Crippen LogP contribution is -2.37. The first kappa shape index (κ1) is 23.0. The predicted octanol–water partition coefficient (Wildman–Crippen LogP) is 4.66. The summed E-state index contributed by atoms with van der Waals surface area (Å²) in [5, 5.41) is 7.92. The van der Waals surface area contributed by atoms with Gasteiger partial charge < -0.3 is 5.32 Å². The molecule has 0 aliphatic carbocycles. The Hall–Kier alpha value is -2.79. The Morgan fingerprint density at radius 1 is 1.24 bits per heavy atom. The minimum Gasteiger partial charge on any atom is -0.366 e. The highest BCUT2D eigenvalue weighted by molar-refractivity contribution is 7.91. The fraction of sp³-hybridized carbons (Fsp3) is 0.261. The molecular weight excluding hydrogens is 492 g/mol. The number of anilines is 1. The number of nitrogens with zero attached hydrogens (tertiary/aromatic N) is 5. The maximum atomic E-state index is 13.0. The molecule has 5 rings (SSSR count). The summed E-state index contributed by atoms with van der Waals surface area (Å²) in [5.74, 6) is 0.954. The van der Waals surface area contributed by atoms with Gasteiger partial charge in [-0.3, -0.25) is 4.98 Å². The number of fused-ring (bicyclic) bond motifs is 1. The molecule has 1 N–H and O–H groups in total. The summed E-state index contributed by atoms with van der Waals surface area (Å²) >= 11 is 7.04. The van der Waals surface area contributed by atoms with E-state index in [0.29, 0.717) is 36.8 Å². The lowest BCUT2D eigenvalue weighted by molar-refractivity contribution is 0.317. The van der Waals surface area contributed by atoms with Crippen molar-refractivity contribution < 1.29 is 8.42 Å². The Kier molecular flexibility index (Phi) is 6.39. The molecule has 4 aromatic heterocycles. The first-order chi connectivity index (χ1) is 16.5. The second-order valence-corrected chi connectivity index (χ2v) is 11.9. The Labute approximate surface area is 207 Å². The molecule has 0 amide bonds. The topological polar surface area (TPSA) is 92.5 Å². The zero-order valence-corrected chi connectivity index (χ0v) is 20.7. The first-order valence-corrected chi connectivity index (χ1v) is 13.5. The summed E-state index contributed by atoms with van der Waals surface area (Å²) in [4.78, 5) is 9.06. The molecule has 0 bridgehead atoms. The van der Waals surface area contributed by atoms with Gasteiger partial charge in [0.05, 0.1) is 10.5 Å². The number of aromatic nitrogens is 4. The van der Waals surface area contributed by atoms with Crippen LogP contribution >= 0.6 is 22.9 Å². The summed E-state index contributed by atoms with van der Waals surface area (Å²) in [7, 11) is -3.53. The molecule has 0 atom stereocenters. The lowest BCUT2D eigenvalue weighted by atomic mass is 9.94. The van der Waals surface area contributed by atoms with E-state index >= 15 is 0 Å². The van der Waals surface area contributed by atoms with E-state index in [0.717, 1.165) is 39.6 Å². The number of hydrogen-bond donors (Lipinski definition) is 1. The van der Waals surface area contributed by atoms with Crippen LogP contribution in [-0.4, -0.2) is 45.4 Å². The van der Waals surface area contributed by atoms with Crippen LogP contribution in [-0.2, 0) is 16.6 Å². The van der Waals surface area contributed by atoms with Gasteiger partial charge in [0.25, 0.3) is 10.0 Å². The first-order valence-electron chi connectivity index (χ1n) is 10.8. The van der Waals surface area contributed by atoms with Crippen LogP contribution < -0.4 is 5.32 Å². The van der Waals surface area contributed by atoms with Gasteiger partial charge >= 0.3 is 0 Å². The quantitative estimate of drug-likeness (QED) is 0.385. The van der Waals surface area contributed by atoms with Crippen molar-refractivity contribution in [1.29, 1.82) is 0 Å². The van der Waals surface area contributed by atoms with Gasteiger partial charge in [0.15, 0.2) is 5.65 Å². The third-order valence-electron chi connectivity index (χ3n) is 5.95. The van der Waals surface area contributed by atoms with E-state index in [1.807, 2.05) is 24.4 Å². The van der Waals surface area contributed by atoms with Gasteiger partial charge in [-0.1, -0.05) is 30.3 Å². The van der Waals surface area contributed by atoms with E-state index in [9.17, 15) is 8.42 Å². The SMILES string of the molecule is C=Cc1cnn2c(NCc3cccnc3)cc(C3CCN(S(=O)(=O)c4ccc(Cl)s4)CC3)nc12. The molecule has 0 spiro atoms. The molecule has 176 valence electrons. The Balaban J connectivity index is 1.38. The van der Waals surface area contributed by atoms with Crippen molar-refractivity contribution in [3.63, 3.8) is 0 Å². The number of sulfonamides is 1. The van der Waals surface area contributed by atoms with E-state index in [1.54, 1.807) is 39.4 Å². The van der Waals surface area contributed by atoms with Crippen molar-refractivity contribution in [1.82, 2.24) is 23.9 Å². The number of thiophene rings is 1. The lowest BCUT2D eigenvalue weighted by Gasteiger charge is -2.30. The number of piperidine rings is 1. The average molecular weight is 515 g/mol. The summed E-state index contributed by atoms with van der Waals surface area (Å²) in [6, 6.07) is 9.11. The highest BCUT2D eigenvalue weighted by Gasteiger charge is 2.32. The number of pyridine rings is 1. The fourth-order valence-electron chi connectivity index (χ4n) is 4.13. The van der Waals surface area contributed by atoms with Gasteiger partial charge in [0, 0.05) is 55.3 Å². The second-order valence-electron chi connectivity index (χ2n) is 8.06. The summed E-state index contributed by atoms with van der Waals surface area (Å²) in [5.41, 5.74) is 3.55. The van der Waals surface area contributed by atoms with Crippen LogP contribution in [0.2, 0.25) is 4.34 Å². The molecule has 1 aliphatic heterocycles. The highest BCUT2D eigenvalue weighted by atomic mass is 35.5. The van der Waals surface area contributed by atoms with Crippen LogP contribution in [0.15, 0.2) is 59.7 Å². The van der Waals surface area contributed by atoms with Crippen LogP contribution in [0.5, 0.6) is 0 Å². The predicted molar refractivity (Wildman–Crippen MR) is 135 cm³/mol. The molecule has 34 heavy (non-hydrogen) atoms. The zero-order chi connectivity index (χ0) is 23.7. The van der Waals surface area contributed by atoms with Crippen molar-refractivity contribution in [3.8, 4) is 0 Å². The van der Waals surface area contributed by atoms with Crippen molar-refractivity contribution in [2.24, 2.45) is 0 Å². The summed E-state index contributed by atoms with van der Waals surface area (Å²) < 4.78 is 30.0. The molecule has 11 heteroatoms. The molecule has 8 nitrogen and oxygen atoms in total. The summed E-state index contributed by atoms with van der Waals surface area (Å²) in [6.45, 7) is 5.34. The van der Waals surface area contributed by atoms with Gasteiger partial charge in [-0.05, 0) is 36.6 Å². The molecule has 1 saturated heterocycles. The number of hydrogen-bond acceptors (Lipinski definition) is 7. The van der Waals surface area contributed by atoms with E-state index in [4.69, 9.17) is 16.6 Å². The molecule has 4 aromatic rings. The number of rotatable bonds is 7. The minimum atomic E-state index is -3.53. The average Bonchev–Trinajstić information content (AvgIpc) is 3.49. The Bertz CT molecular complexity index is 1430. The minimum absolute atomic E-state index is 0.134. The molecule has 1 aliphatic rings. The fourth-order valence-corrected chi connectivity index (χ4v) is 7.24. The smallest absolute Gasteiger partial charge is 0.252 e. The molecule has 0 unspecified atom stereocenters. The van der Waals surface area contributed by atoms with Crippen molar-refractivity contribution >= 4 is 50.5 Å². The number of nitrogens with one attached hydrogen (secondary N) is 1. The van der Waals surface area contributed by atoms with Crippen LogP contribution in [0, 0.1) is 0 Å². The van der Waals surface area contributed by atoms with Crippen molar-refractivity contribution in [2.75, 3.05) is 18.4 Å². The molecule has 0 aromatic carbocycles. The van der Waals surface area contributed by atoms with E-state index in [-0.39, 0.29) is 10.1 Å². The molecule has 0 saturated carbocycles. The molecule has 1 fully saturated rings. The van der Waals surface area contributed by atoms with Crippen LogP contribution in [0.25, 0.3) is 11.7 Å². The van der Waals surface area contributed by atoms with Crippen LogP contribution in [0.4, 0.5) is 5.82 Å². The van der Waals surface area contributed by atoms with Gasteiger partial charge in [0.1, 0.15) is 10.0 Å². The third kappa shape index (κ3) is 4.46. The monoisotopic (exact) mass is 514 g/mol. The maximum absolute atomic E-state index is 13.0. The third-order valence-corrected chi connectivity index (χ3v) is 9.55. The van der Waals surface area contributed by atoms with E-state index in [2.05, 4.69) is 22.0 Å². The van der Waals surface area contributed by atoms with Gasteiger partial charge in [-0.15, -0.1) is 11.3 Å². The van der Waals surface area contributed by atoms with E-state index in [1.165, 1.54) is 0 Å². The van der Waals surface area contributed by atoms with Gasteiger partial charge in [-0.2, -0.15) is 13.9 Å². The van der Waals surface area contributed by atoms with Crippen molar-refractivity contribution in [2.45, 2.75) is 29.5 Å². The molecular formula is C23H23ClN6O2S2. The standard InChI is InChI=1S/C23H23ClN6O2S2/c1-2-17-15-27-30-21(26-14-16-4-3-9-25-13-16)12-19(28-23(17)30)18-7-10-29(11-8-18)34(31,32)22-6-5-20(24)33-22/h2-6,9,12-13,15,18,26H,1,7-8,10-11,14H2. The zero-order valence-electron chi connectivity index (χ0n) is 18.3. The molecule has 0 radical (unpaired) electrons. The second kappa shape index (κ2) is 9.46. The van der Waals surface area contributed by atoms with Gasteiger partial charge in [0.2, 0.25) is 0 Å². The molecule has 5 heterocycles. The Morgan fingerprint density at radius 2 is 2.06 bits per heavy atom. The van der Waals surface area contributed by atoms with Crippen molar-refractivity contribution in [3.05, 3.63) is 76.7 Å². The number of halogens is 1. The summed E-state index contributed by atoms with van der Waals surface area (Å²) in [6.07, 6.45) is 8.42. The van der Waals surface area contributed by atoms with Crippen LogP contribution in [0.1, 0.15) is 35.6 Å². The highest BCUT2D eigenvalue weighted by Crippen LogP contribution is 2.34. The van der Waals surface area contributed by atoms with Crippen LogP contribution in [0.3, 0.4) is 0 Å². The van der Waals surface area contributed by atoms with Gasteiger partial charge in [-0.25, -0.2) is 13.4 Å². The largest absolute Gasteiger partial charge is 0.366 e.